The summed E-state index contributed by atoms with van der Waals surface area (Å²) in [6, 6.07) is 12.9. The van der Waals surface area contributed by atoms with Crippen LogP contribution in [0.5, 0.6) is 5.75 Å². The quantitative estimate of drug-likeness (QED) is 0.715. The molecule has 154 valence electrons. The van der Waals surface area contributed by atoms with Gasteiger partial charge in [0.2, 0.25) is 5.91 Å². The van der Waals surface area contributed by atoms with Gasteiger partial charge in [-0.05, 0) is 50.5 Å². The van der Waals surface area contributed by atoms with Crippen LogP contribution in [0.2, 0.25) is 0 Å². The number of carbonyl (C=O) groups is 2. The Labute approximate surface area is 171 Å². The molecule has 0 spiro atoms. The van der Waals surface area contributed by atoms with Gasteiger partial charge in [-0.2, -0.15) is 0 Å². The Morgan fingerprint density at radius 3 is 2.76 bits per heavy atom. The average molecular weight is 396 g/mol. The zero-order valence-electron chi connectivity index (χ0n) is 17.0. The Hall–Kier alpha value is -2.86. The molecule has 2 aromatic rings. The number of hydrogen-bond donors (Lipinski definition) is 2. The molecule has 29 heavy (non-hydrogen) atoms. The molecule has 0 bridgehead atoms. The normalized spacial score (nSPS) is 15.7. The summed E-state index contributed by atoms with van der Waals surface area (Å²) < 4.78 is 11.3. The highest BCUT2D eigenvalue weighted by molar-refractivity contribution is 6.03. The molecule has 1 saturated heterocycles. The van der Waals surface area contributed by atoms with E-state index in [9.17, 15) is 9.59 Å². The molecule has 6 heteroatoms. The minimum atomic E-state index is -0.220. The van der Waals surface area contributed by atoms with Crippen molar-refractivity contribution in [2.75, 3.05) is 25.1 Å². The van der Waals surface area contributed by atoms with Crippen molar-refractivity contribution in [2.24, 2.45) is 0 Å². The van der Waals surface area contributed by atoms with E-state index in [0.29, 0.717) is 17.8 Å². The van der Waals surface area contributed by atoms with E-state index in [1.54, 1.807) is 24.3 Å². The molecule has 2 N–H and O–H groups in total. The second-order valence-electron chi connectivity index (χ2n) is 7.31. The van der Waals surface area contributed by atoms with Gasteiger partial charge in [0.05, 0.1) is 30.4 Å². The maximum atomic E-state index is 12.5. The van der Waals surface area contributed by atoms with Gasteiger partial charge in [0.1, 0.15) is 5.75 Å². The minimum Gasteiger partial charge on any atom is -0.493 e. The van der Waals surface area contributed by atoms with Crippen molar-refractivity contribution in [3.63, 3.8) is 0 Å². The maximum Gasteiger partial charge on any atom is 0.253 e. The average Bonchev–Trinajstić information content (AvgIpc) is 3.22. The fourth-order valence-corrected chi connectivity index (χ4v) is 3.32. The van der Waals surface area contributed by atoms with Crippen molar-refractivity contribution < 1.29 is 19.1 Å². The van der Waals surface area contributed by atoms with E-state index < -0.39 is 0 Å². The molecular formula is C23H28N2O4. The molecule has 1 unspecified atom stereocenters. The fourth-order valence-electron chi connectivity index (χ4n) is 3.32. The highest BCUT2D eigenvalue weighted by Gasteiger charge is 2.18. The number of anilines is 1. The van der Waals surface area contributed by atoms with Gasteiger partial charge < -0.3 is 20.1 Å². The van der Waals surface area contributed by atoms with E-state index >= 15 is 0 Å². The van der Waals surface area contributed by atoms with E-state index in [4.69, 9.17) is 9.47 Å². The van der Waals surface area contributed by atoms with Gasteiger partial charge in [-0.15, -0.1) is 0 Å². The van der Waals surface area contributed by atoms with E-state index in [1.165, 1.54) is 5.56 Å². The van der Waals surface area contributed by atoms with Crippen molar-refractivity contribution in [3.8, 4) is 5.75 Å². The number of carbonyl (C=O) groups excluding carboxylic acids is 2. The molecule has 1 fully saturated rings. The van der Waals surface area contributed by atoms with Crippen LogP contribution in [0.1, 0.15) is 40.7 Å². The van der Waals surface area contributed by atoms with Crippen LogP contribution >= 0.6 is 0 Å². The van der Waals surface area contributed by atoms with Crippen LogP contribution in [0.3, 0.4) is 0 Å². The summed E-state index contributed by atoms with van der Waals surface area (Å²) in [5, 5.41) is 5.71. The van der Waals surface area contributed by atoms with Crippen molar-refractivity contribution in [1.82, 2.24) is 5.32 Å². The van der Waals surface area contributed by atoms with Crippen LogP contribution in [0.15, 0.2) is 42.5 Å². The van der Waals surface area contributed by atoms with Crippen LogP contribution in [-0.2, 0) is 9.53 Å². The van der Waals surface area contributed by atoms with E-state index in [2.05, 4.69) is 10.6 Å². The smallest absolute Gasteiger partial charge is 0.253 e. The minimum absolute atomic E-state index is 0.0723. The molecule has 3 rings (SSSR count). The van der Waals surface area contributed by atoms with Gasteiger partial charge in [0.25, 0.3) is 5.91 Å². The summed E-state index contributed by atoms with van der Waals surface area (Å²) in [6.45, 7) is 5.50. The van der Waals surface area contributed by atoms with E-state index in [-0.39, 0.29) is 30.9 Å². The molecule has 2 amide bonds. The van der Waals surface area contributed by atoms with Crippen LogP contribution in [0, 0.1) is 13.8 Å². The van der Waals surface area contributed by atoms with Gasteiger partial charge in [-0.3, -0.25) is 9.59 Å². The zero-order valence-corrected chi connectivity index (χ0v) is 17.0. The third-order valence-electron chi connectivity index (χ3n) is 4.88. The summed E-state index contributed by atoms with van der Waals surface area (Å²) in [4.78, 5) is 24.9. The molecular weight excluding hydrogens is 368 g/mol. The molecule has 1 atom stereocenters. The standard InChI is InChI=1S/C23H28N2O4/c1-16-9-10-21(17(2)14-16)29-13-11-22(26)25-20-8-4-3-7-19(20)23(27)24-15-18-6-5-12-28-18/h3-4,7-10,14,18H,5-6,11-13,15H2,1-2H3,(H,24,27)(H,25,26). The Morgan fingerprint density at radius 1 is 1.17 bits per heavy atom. The molecule has 0 aliphatic carbocycles. The summed E-state index contributed by atoms with van der Waals surface area (Å²) in [7, 11) is 0. The fraction of sp³-hybridized carbons (Fsp3) is 0.391. The number of rotatable bonds is 8. The molecule has 0 radical (unpaired) electrons. The van der Waals surface area contributed by atoms with Crippen molar-refractivity contribution >= 4 is 17.5 Å². The predicted octanol–water partition coefficient (Wildman–Crippen LogP) is 3.62. The molecule has 0 saturated carbocycles. The summed E-state index contributed by atoms with van der Waals surface area (Å²) in [6.07, 6.45) is 2.25. The monoisotopic (exact) mass is 396 g/mol. The summed E-state index contributed by atoms with van der Waals surface area (Å²) >= 11 is 0. The lowest BCUT2D eigenvalue weighted by atomic mass is 10.1. The third kappa shape index (κ3) is 6.06. The SMILES string of the molecule is Cc1ccc(OCCC(=O)Nc2ccccc2C(=O)NCC2CCCO2)c(C)c1. The molecule has 6 nitrogen and oxygen atoms in total. The first kappa shape index (κ1) is 20.9. The molecule has 0 aromatic heterocycles. The maximum absolute atomic E-state index is 12.5. The van der Waals surface area contributed by atoms with Gasteiger partial charge in [0, 0.05) is 13.2 Å². The second kappa shape index (κ2) is 10.1. The van der Waals surface area contributed by atoms with Crippen LogP contribution in [-0.4, -0.2) is 37.7 Å². The Balaban J connectivity index is 1.51. The Bertz CT molecular complexity index is 860. The van der Waals surface area contributed by atoms with Crippen molar-refractivity contribution in [3.05, 3.63) is 59.2 Å². The molecule has 1 heterocycles. The third-order valence-corrected chi connectivity index (χ3v) is 4.88. The number of nitrogens with one attached hydrogen (secondary N) is 2. The van der Waals surface area contributed by atoms with E-state index in [1.807, 2.05) is 32.0 Å². The lowest BCUT2D eigenvalue weighted by Gasteiger charge is -2.14. The van der Waals surface area contributed by atoms with Crippen LogP contribution in [0.25, 0.3) is 0 Å². The number of benzene rings is 2. The van der Waals surface area contributed by atoms with Crippen molar-refractivity contribution in [2.45, 2.75) is 39.2 Å². The largest absolute Gasteiger partial charge is 0.493 e. The van der Waals surface area contributed by atoms with Gasteiger partial charge in [0.15, 0.2) is 0 Å². The summed E-state index contributed by atoms with van der Waals surface area (Å²) in [5.74, 6) is 0.356. The van der Waals surface area contributed by atoms with Crippen LogP contribution in [0.4, 0.5) is 5.69 Å². The first-order valence-electron chi connectivity index (χ1n) is 10.0. The van der Waals surface area contributed by atoms with Gasteiger partial charge in [-0.1, -0.05) is 29.8 Å². The number of para-hydroxylation sites is 1. The van der Waals surface area contributed by atoms with Crippen LogP contribution < -0.4 is 15.4 Å². The predicted molar refractivity (Wildman–Crippen MR) is 112 cm³/mol. The van der Waals surface area contributed by atoms with Gasteiger partial charge >= 0.3 is 0 Å². The Morgan fingerprint density at radius 2 is 2.00 bits per heavy atom. The molecule has 1 aliphatic rings. The zero-order chi connectivity index (χ0) is 20.6. The molecule has 1 aliphatic heterocycles. The van der Waals surface area contributed by atoms with Crippen molar-refractivity contribution in [1.29, 1.82) is 0 Å². The van der Waals surface area contributed by atoms with Gasteiger partial charge in [-0.25, -0.2) is 0 Å². The molecule has 2 aromatic carbocycles. The first-order chi connectivity index (χ1) is 14.0. The second-order valence-corrected chi connectivity index (χ2v) is 7.31. The Kier molecular flexibility index (Phi) is 7.25. The number of amides is 2. The number of ether oxygens (including phenoxy) is 2. The topological polar surface area (TPSA) is 76.7 Å². The summed E-state index contributed by atoms with van der Waals surface area (Å²) in [5.41, 5.74) is 3.14. The lowest BCUT2D eigenvalue weighted by Crippen LogP contribution is -2.32. The van der Waals surface area contributed by atoms with E-state index in [0.717, 1.165) is 30.8 Å². The number of aryl methyl sites for hydroxylation is 2. The number of hydrogen-bond acceptors (Lipinski definition) is 4. The first-order valence-corrected chi connectivity index (χ1v) is 10.0. The highest BCUT2D eigenvalue weighted by atomic mass is 16.5. The highest BCUT2D eigenvalue weighted by Crippen LogP contribution is 2.19. The lowest BCUT2D eigenvalue weighted by molar-refractivity contribution is -0.116.